The van der Waals surface area contributed by atoms with E-state index in [1.54, 1.807) is 0 Å². The number of para-hydroxylation sites is 2. The average molecular weight is 792 g/mol. The summed E-state index contributed by atoms with van der Waals surface area (Å²) in [5.74, 6) is 0.613. The van der Waals surface area contributed by atoms with Crippen molar-refractivity contribution in [2.75, 3.05) is 0 Å². The Hall–Kier alpha value is -8.34. The molecule has 0 saturated heterocycles. The third-order valence-electron chi connectivity index (χ3n) is 12.0. The first kappa shape index (κ1) is 35.6. The molecule has 0 N–H and O–H groups in total. The molecule has 0 bridgehead atoms. The van der Waals surface area contributed by atoms with E-state index in [4.69, 9.17) is 14.4 Å². The van der Waals surface area contributed by atoms with Crippen LogP contribution in [0.25, 0.3) is 117 Å². The second kappa shape index (κ2) is 14.7. The quantitative estimate of drug-likeness (QED) is 0.161. The molecule has 290 valence electrons. The maximum absolute atomic E-state index is 6.45. The summed E-state index contributed by atoms with van der Waals surface area (Å²) in [5, 5.41) is 4.36. The molecule has 4 nitrogen and oxygen atoms in total. The predicted octanol–water partition coefficient (Wildman–Crippen LogP) is 15.5. The average Bonchev–Trinajstić information content (AvgIpc) is 3.90. The molecule has 0 amide bonds. The highest BCUT2D eigenvalue weighted by Crippen LogP contribution is 2.42. The fourth-order valence-electron chi connectivity index (χ4n) is 9.12. The minimum atomic E-state index is 0.571. The second-order valence-corrected chi connectivity index (χ2v) is 15.8. The van der Waals surface area contributed by atoms with Crippen molar-refractivity contribution in [1.82, 2.24) is 14.5 Å². The number of aromatic nitrogens is 3. The van der Waals surface area contributed by atoms with E-state index >= 15 is 0 Å². The predicted molar refractivity (Wildman–Crippen MR) is 256 cm³/mol. The van der Waals surface area contributed by atoms with E-state index in [0.717, 1.165) is 66.7 Å². The standard InChI is InChI=1S/C58H37N3O/c1-4-16-38(17-5-1)40-20-13-24-45(35-40)56-55-49-28-10-11-31-53(49)62-58(55)60-57(59-56)46-25-14-22-42(36-46)41-21-12-23-44(34-41)48-29-15-30-52-54(48)50-37-43(39-18-6-2-7-19-39)32-33-51(50)61(52)47-26-8-3-9-27-47/h1-37H. The van der Waals surface area contributed by atoms with Crippen LogP contribution in [-0.2, 0) is 0 Å². The monoisotopic (exact) mass is 791 g/mol. The normalized spacial score (nSPS) is 11.5. The summed E-state index contributed by atoms with van der Waals surface area (Å²) in [6.45, 7) is 0. The molecule has 0 saturated carbocycles. The van der Waals surface area contributed by atoms with Crippen LogP contribution < -0.4 is 0 Å². The summed E-state index contributed by atoms with van der Waals surface area (Å²) < 4.78 is 8.84. The Kier molecular flexibility index (Phi) is 8.46. The third-order valence-corrected chi connectivity index (χ3v) is 12.0. The summed E-state index contributed by atoms with van der Waals surface area (Å²) in [7, 11) is 0. The molecule has 9 aromatic carbocycles. The minimum Gasteiger partial charge on any atom is -0.438 e. The topological polar surface area (TPSA) is 43.9 Å². The lowest BCUT2D eigenvalue weighted by molar-refractivity contribution is 0.653. The van der Waals surface area contributed by atoms with E-state index < -0.39 is 0 Å². The smallest absolute Gasteiger partial charge is 0.231 e. The van der Waals surface area contributed by atoms with Crippen molar-refractivity contribution in [1.29, 1.82) is 0 Å². The molecule has 0 fully saturated rings. The van der Waals surface area contributed by atoms with Crippen LogP contribution in [0.4, 0.5) is 0 Å². The van der Waals surface area contributed by atoms with Crippen LogP contribution in [0.15, 0.2) is 229 Å². The molecule has 0 aliphatic carbocycles. The Morgan fingerprint density at radius 1 is 0.339 bits per heavy atom. The molecule has 12 aromatic rings. The van der Waals surface area contributed by atoms with Crippen LogP contribution in [0, 0.1) is 0 Å². The molecule has 62 heavy (non-hydrogen) atoms. The van der Waals surface area contributed by atoms with Gasteiger partial charge in [0.25, 0.3) is 0 Å². The van der Waals surface area contributed by atoms with Crippen LogP contribution in [0.3, 0.4) is 0 Å². The van der Waals surface area contributed by atoms with Crippen molar-refractivity contribution in [3.8, 4) is 72.8 Å². The van der Waals surface area contributed by atoms with Gasteiger partial charge in [0.15, 0.2) is 5.82 Å². The minimum absolute atomic E-state index is 0.571. The fourth-order valence-corrected chi connectivity index (χ4v) is 9.12. The Labute approximate surface area is 358 Å². The van der Waals surface area contributed by atoms with Gasteiger partial charge >= 0.3 is 0 Å². The molecular formula is C58H37N3O. The van der Waals surface area contributed by atoms with Gasteiger partial charge in [-0.1, -0.05) is 170 Å². The van der Waals surface area contributed by atoms with E-state index in [1.165, 1.54) is 38.5 Å². The molecule has 0 radical (unpaired) electrons. The number of furan rings is 1. The van der Waals surface area contributed by atoms with E-state index in [1.807, 2.05) is 24.3 Å². The molecule has 3 aromatic heterocycles. The Morgan fingerprint density at radius 2 is 0.887 bits per heavy atom. The lowest BCUT2D eigenvalue weighted by Gasteiger charge is -2.11. The van der Waals surface area contributed by atoms with Gasteiger partial charge in [0.05, 0.1) is 22.1 Å². The molecule has 0 unspecified atom stereocenters. The highest BCUT2D eigenvalue weighted by atomic mass is 16.3. The van der Waals surface area contributed by atoms with Crippen LogP contribution in [0.5, 0.6) is 0 Å². The van der Waals surface area contributed by atoms with Gasteiger partial charge in [-0.05, 0) is 99.1 Å². The summed E-state index contributed by atoms with van der Waals surface area (Å²) >= 11 is 0. The van der Waals surface area contributed by atoms with Crippen molar-refractivity contribution >= 4 is 43.9 Å². The number of rotatable bonds is 7. The molecule has 12 rings (SSSR count). The van der Waals surface area contributed by atoms with Crippen LogP contribution >= 0.6 is 0 Å². The largest absolute Gasteiger partial charge is 0.438 e. The van der Waals surface area contributed by atoms with Crippen molar-refractivity contribution in [2.24, 2.45) is 0 Å². The molecule has 0 atom stereocenters. The first-order valence-corrected chi connectivity index (χ1v) is 21.0. The number of hydrogen-bond acceptors (Lipinski definition) is 3. The van der Waals surface area contributed by atoms with Gasteiger partial charge in [-0.2, -0.15) is 4.98 Å². The summed E-state index contributed by atoms with van der Waals surface area (Å²) in [6, 6.07) is 79.4. The third kappa shape index (κ3) is 6.08. The molecule has 4 heteroatoms. The highest BCUT2D eigenvalue weighted by molar-refractivity contribution is 6.17. The van der Waals surface area contributed by atoms with Crippen molar-refractivity contribution in [2.45, 2.75) is 0 Å². The molecular weight excluding hydrogens is 755 g/mol. The van der Waals surface area contributed by atoms with Gasteiger partial charge in [-0.25, -0.2) is 4.98 Å². The van der Waals surface area contributed by atoms with Crippen molar-refractivity contribution < 1.29 is 4.42 Å². The number of fused-ring (bicyclic) bond motifs is 6. The first-order chi connectivity index (χ1) is 30.7. The second-order valence-electron chi connectivity index (χ2n) is 15.8. The van der Waals surface area contributed by atoms with E-state index in [9.17, 15) is 0 Å². The van der Waals surface area contributed by atoms with Gasteiger partial charge in [0, 0.05) is 33.0 Å². The van der Waals surface area contributed by atoms with Gasteiger partial charge in [0.2, 0.25) is 5.71 Å². The van der Waals surface area contributed by atoms with Crippen LogP contribution in [0.2, 0.25) is 0 Å². The zero-order valence-electron chi connectivity index (χ0n) is 33.6. The van der Waals surface area contributed by atoms with Gasteiger partial charge in [-0.15, -0.1) is 0 Å². The van der Waals surface area contributed by atoms with Crippen LogP contribution in [0.1, 0.15) is 0 Å². The van der Waals surface area contributed by atoms with Gasteiger partial charge in [0.1, 0.15) is 5.58 Å². The van der Waals surface area contributed by atoms with Gasteiger partial charge < -0.3 is 8.98 Å². The maximum Gasteiger partial charge on any atom is 0.231 e. The SMILES string of the molecule is c1ccc(-c2cccc(-c3nc(-c4cccc(-c5cccc(-c6cccc7c6c6cc(-c8ccccc8)ccc6n7-c6ccccc6)c5)c4)nc4oc5ccccc5c34)c2)cc1. The van der Waals surface area contributed by atoms with E-state index in [-0.39, 0.29) is 0 Å². The van der Waals surface area contributed by atoms with E-state index in [2.05, 4.69) is 205 Å². The first-order valence-electron chi connectivity index (χ1n) is 21.0. The van der Waals surface area contributed by atoms with Crippen molar-refractivity contribution in [3.63, 3.8) is 0 Å². The zero-order valence-corrected chi connectivity index (χ0v) is 33.6. The molecule has 3 heterocycles. The summed E-state index contributed by atoms with van der Waals surface area (Å²) in [6.07, 6.45) is 0. The molecule has 0 spiro atoms. The Bertz CT molecular complexity index is 3620. The number of benzene rings is 9. The van der Waals surface area contributed by atoms with E-state index in [0.29, 0.717) is 11.5 Å². The lowest BCUT2D eigenvalue weighted by atomic mass is 9.94. The van der Waals surface area contributed by atoms with Crippen LogP contribution in [-0.4, -0.2) is 14.5 Å². The van der Waals surface area contributed by atoms with Crippen molar-refractivity contribution in [3.05, 3.63) is 224 Å². The Morgan fingerprint density at radius 3 is 1.63 bits per heavy atom. The molecule has 0 aliphatic heterocycles. The fraction of sp³-hybridized carbons (Fsp3) is 0. The highest BCUT2D eigenvalue weighted by Gasteiger charge is 2.20. The zero-order chi connectivity index (χ0) is 41.0. The molecule has 0 aliphatic rings. The number of hydrogen-bond donors (Lipinski definition) is 0. The Balaban J connectivity index is 0.994. The van der Waals surface area contributed by atoms with Gasteiger partial charge in [-0.3, -0.25) is 0 Å². The summed E-state index contributed by atoms with van der Waals surface area (Å²) in [4.78, 5) is 10.4. The summed E-state index contributed by atoms with van der Waals surface area (Å²) in [5.41, 5.74) is 16.8. The maximum atomic E-state index is 6.45. The number of nitrogens with zero attached hydrogens (tertiary/aromatic N) is 3. The lowest BCUT2D eigenvalue weighted by Crippen LogP contribution is -1.94.